The standard InChI is InChI=1S/C39H36N8O6/c1-39(2,23-3-8-28(9-4-23)52-22-26-15-16-40-38(43-26)46-18-17-41-45-46)24-5-10-29(11-6-24)53-30-19-27(20-30)42-25-7-12-31-32(21-25)37(51)47(36(31)50)33-13-14-34(48)44-35(33)49/h3-12,15-18,21,27,30,33,42H,13-14,19-20,22H2,1-2H3,(H,44,48,49). The molecule has 0 radical (unpaired) electrons. The Morgan fingerprint density at radius 2 is 1.58 bits per heavy atom. The van der Waals surface area contributed by atoms with Crippen LogP contribution in [0, 0.1) is 0 Å². The summed E-state index contributed by atoms with van der Waals surface area (Å²) in [4.78, 5) is 59.8. The van der Waals surface area contributed by atoms with E-state index in [9.17, 15) is 19.2 Å². The number of hydrogen-bond acceptors (Lipinski definition) is 11. The molecule has 4 amide bonds. The van der Waals surface area contributed by atoms with E-state index in [1.165, 1.54) is 4.68 Å². The van der Waals surface area contributed by atoms with Crippen LogP contribution in [0.25, 0.3) is 5.95 Å². The molecule has 2 fully saturated rings. The second-order valence-electron chi connectivity index (χ2n) is 13.9. The smallest absolute Gasteiger partial charge is 0.262 e. The lowest BCUT2D eigenvalue weighted by molar-refractivity contribution is -0.136. The molecule has 2 aliphatic heterocycles. The van der Waals surface area contributed by atoms with Crippen molar-refractivity contribution in [2.75, 3.05) is 5.32 Å². The number of carbonyl (C=O) groups is 4. The van der Waals surface area contributed by atoms with Crippen LogP contribution in [0.3, 0.4) is 0 Å². The topological polar surface area (TPSA) is 171 Å². The van der Waals surface area contributed by atoms with E-state index in [0.717, 1.165) is 46.1 Å². The van der Waals surface area contributed by atoms with E-state index in [1.807, 2.05) is 24.3 Å². The van der Waals surface area contributed by atoms with Crippen molar-refractivity contribution in [2.45, 2.75) is 69.7 Å². The molecule has 8 rings (SSSR count). The predicted molar refractivity (Wildman–Crippen MR) is 190 cm³/mol. The first kappa shape index (κ1) is 33.7. The number of rotatable bonds is 11. The maximum atomic E-state index is 13.2. The molecule has 1 saturated heterocycles. The van der Waals surface area contributed by atoms with Crippen LogP contribution < -0.4 is 20.1 Å². The zero-order valence-corrected chi connectivity index (χ0v) is 29.1. The molecule has 14 heteroatoms. The lowest BCUT2D eigenvalue weighted by Gasteiger charge is -2.36. The summed E-state index contributed by atoms with van der Waals surface area (Å²) in [5.41, 5.74) is 3.98. The molecule has 3 aromatic carbocycles. The molecule has 1 aliphatic carbocycles. The van der Waals surface area contributed by atoms with Gasteiger partial charge in [0.1, 0.15) is 30.3 Å². The summed E-state index contributed by atoms with van der Waals surface area (Å²) in [6.07, 6.45) is 6.70. The number of nitrogens with zero attached hydrogens (tertiary/aromatic N) is 6. The summed E-state index contributed by atoms with van der Waals surface area (Å²) in [6.45, 7) is 4.65. The normalized spacial score (nSPS) is 19.7. The van der Waals surface area contributed by atoms with Crippen molar-refractivity contribution in [3.05, 3.63) is 119 Å². The van der Waals surface area contributed by atoms with Gasteiger partial charge >= 0.3 is 0 Å². The van der Waals surface area contributed by atoms with Crippen LogP contribution in [0.5, 0.6) is 11.5 Å². The summed E-state index contributed by atoms with van der Waals surface area (Å²) < 4.78 is 13.8. The van der Waals surface area contributed by atoms with Crippen LogP contribution in [-0.4, -0.2) is 71.7 Å². The molecule has 1 saturated carbocycles. The van der Waals surface area contributed by atoms with Gasteiger partial charge < -0.3 is 14.8 Å². The van der Waals surface area contributed by atoms with Crippen molar-refractivity contribution in [1.82, 2.24) is 35.2 Å². The number of nitrogens with one attached hydrogen (secondary N) is 2. The Morgan fingerprint density at radius 1 is 0.868 bits per heavy atom. The molecule has 2 aromatic heterocycles. The highest BCUT2D eigenvalue weighted by atomic mass is 16.5. The van der Waals surface area contributed by atoms with E-state index in [2.05, 4.69) is 69.0 Å². The average Bonchev–Trinajstić information content (AvgIpc) is 3.77. The van der Waals surface area contributed by atoms with Gasteiger partial charge in [-0.3, -0.25) is 29.4 Å². The van der Waals surface area contributed by atoms with E-state index in [1.54, 1.807) is 42.9 Å². The molecule has 0 bridgehead atoms. The van der Waals surface area contributed by atoms with Crippen LogP contribution >= 0.6 is 0 Å². The quantitative estimate of drug-likeness (QED) is 0.186. The van der Waals surface area contributed by atoms with Gasteiger partial charge in [0, 0.05) is 42.6 Å². The first-order chi connectivity index (χ1) is 25.6. The van der Waals surface area contributed by atoms with Gasteiger partial charge in [-0.2, -0.15) is 4.68 Å². The highest BCUT2D eigenvalue weighted by Crippen LogP contribution is 2.36. The molecule has 5 aromatic rings. The number of aromatic nitrogens is 5. The van der Waals surface area contributed by atoms with Crippen molar-refractivity contribution < 1.29 is 28.7 Å². The number of anilines is 1. The fourth-order valence-corrected chi connectivity index (χ4v) is 6.90. The maximum Gasteiger partial charge on any atom is 0.262 e. The SMILES string of the molecule is CC(C)(c1ccc(OCc2ccnc(-n3ccnn3)n2)cc1)c1ccc(OC2CC(Nc3ccc4c(c3)C(=O)N(C3CCC(=O)NC3=O)C4=O)C2)cc1. The molecule has 2 N–H and O–H groups in total. The summed E-state index contributed by atoms with van der Waals surface area (Å²) >= 11 is 0. The Kier molecular flexibility index (Phi) is 8.64. The van der Waals surface area contributed by atoms with Crippen LogP contribution in [0.2, 0.25) is 0 Å². The van der Waals surface area contributed by atoms with Crippen molar-refractivity contribution in [2.24, 2.45) is 0 Å². The van der Waals surface area contributed by atoms with Crippen molar-refractivity contribution >= 4 is 29.3 Å². The van der Waals surface area contributed by atoms with Gasteiger partial charge in [0.25, 0.3) is 17.8 Å². The van der Waals surface area contributed by atoms with Gasteiger partial charge in [0.2, 0.25) is 11.8 Å². The highest BCUT2D eigenvalue weighted by molar-refractivity contribution is 6.23. The second kappa shape index (κ2) is 13.6. The van der Waals surface area contributed by atoms with Gasteiger partial charge in [-0.25, -0.2) is 9.97 Å². The number of imide groups is 2. The van der Waals surface area contributed by atoms with Crippen LogP contribution in [-0.2, 0) is 21.6 Å². The van der Waals surface area contributed by atoms with Crippen molar-refractivity contribution in [3.8, 4) is 17.4 Å². The molecule has 3 aliphatic rings. The Bertz CT molecular complexity index is 2200. The van der Waals surface area contributed by atoms with E-state index in [-0.39, 0.29) is 48.1 Å². The Labute approximate surface area is 304 Å². The molecule has 268 valence electrons. The minimum atomic E-state index is -0.988. The van der Waals surface area contributed by atoms with Crippen LogP contribution in [0.1, 0.15) is 77.1 Å². The fraction of sp³-hybridized carbons (Fsp3) is 0.282. The molecule has 1 atom stereocenters. The molecule has 14 nitrogen and oxygen atoms in total. The molecular formula is C39H36N8O6. The number of fused-ring (bicyclic) bond motifs is 1. The number of ether oxygens (including phenoxy) is 2. The number of carbonyl (C=O) groups excluding carboxylic acids is 4. The Balaban J connectivity index is 0.823. The first-order valence-electron chi connectivity index (χ1n) is 17.4. The lowest BCUT2D eigenvalue weighted by atomic mass is 9.78. The van der Waals surface area contributed by atoms with E-state index >= 15 is 0 Å². The zero-order chi connectivity index (χ0) is 36.7. The number of hydrogen-bond donors (Lipinski definition) is 2. The first-order valence-corrected chi connectivity index (χ1v) is 17.4. The predicted octanol–water partition coefficient (Wildman–Crippen LogP) is 4.39. The van der Waals surface area contributed by atoms with Gasteiger partial charge in [0.15, 0.2) is 0 Å². The number of piperidine rings is 1. The highest BCUT2D eigenvalue weighted by Gasteiger charge is 2.45. The van der Waals surface area contributed by atoms with Crippen LogP contribution in [0.15, 0.2) is 91.4 Å². The molecular weight excluding hydrogens is 676 g/mol. The van der Waals surface area contributed by atoms with E-state index in [4.69, 9.17) is 9.47 Å². The van der Waals surface area contributed by atoms with Gasteiger partial charge in [-0.05, 0) is 66.1 Å². The molecule has 4 heterocycles. The monoisotopic (exact) mass is 712 g/mol. The minimum absolute atomic E-state index is 0.0380. The van der Waals surface area contributed by atoms with Gasteiger partial charge in [-0.15, -0.1) is 5.10 Å². The number of benzene rings is 3. The molecule has 53 heavy (non-hydrogen) atoms. The third-order valence-corrected chi connectivity index (χ3v) is 10.1. The third kappa shape index (κ3) is 6.70. The number of amides is 4. The zero-order valence-electron chi connectivity index (χ0n) is 29.1. The minimum Gasteiger partial charge on any atom is -0.490 e. The summed E-state index contributed by atoms with van der Waals surface area (Å²) in [5.74, 6) is -0.107. The second-order valence-corrected chi connectivity index (χ2v) is 13.9. The van der Waals surface area contributed by atoms with E-state index < -0.39 is 29.7 Å². The van der Waals surface area contributed by atoms with E-state index in [0.29, 0.717) is 11.6 Å². The van der Waals surface area contributed by atoms with Gasteiger partial charge in [0.05, 0.1) is 29.2 Å². The Morgan fingerprint density at radius 3 is 2.28 bits per heavy atom. The van der Waals surface area contributed by atoms with Gasteiger partial charge in [-0.1, -0.05) is 43.3 Å². The maximum absolute atomic E-state index is 13.2. The summed E-state index contributed by atoms with van der Waals surface area (Å²) in [7, 11) is 0. The fourth-order valence-electron chi connectivity index (χ4n) is 6.90. The van der Waals surface area contributed by atoms with Crippen molar-refractivity contribution in [3.63, 3.8) is 0 Å². The molecule has 0 spiro atoms. The average molecular weight is 713 g/mol. The summed E-state index contributed by atoms with van der Waals surface area (Å²) in [5, 5.41) is 13.4. The summed E-state index contributed by atoms with van der Waals surface area (Å²) in [6, 6.07) is 22.3. The largest absolute Gasteiger partial charge is 0.490 e. The van der Waals surface area contributed by atoms with Crippen LogP contribution in [0.4, 0.5) is 5.69 Å². The molecule has 1 unspecified atom stereocenters. The van der Waals surface area contributed by atoms with Crippen molar-refractivity contribution in [1.29, 1.82) is 0 Å². The Hall–Kier alpha value is -6.44. The third-order valence-electron chi connectivity index (χ3n) is 10.1. The lowest BCUT2D eigenvalue weighted by Crippen LogP contribution is -2.54.